The van der Waals surface area contributed by atoms with Gasteiger partial charge in [0.05, 0.1) is 12.0 Å². The number of imidazole rings is 1. The average Bonchev–Trinajstić information content (AvgIpc) is 2.83. The number of nitrogens with one attached hydrogen (secondary N) is 1. The van der Waals surface area contributed by atoms with Crippen LogP contribution in [0.15, 0.2) is 12.5 Å². The lowest BCUT2D eigenvalue weighted by atomic mass is 10.0. The van der Waals surface area contributed by atoms with Crippen molar-refractivity contribution in [3.05, 3.63) is 18.2 Å². The number of rotatable bonds is 8. The van der Waals surface area contributed by atoms with E-state index in [4.69, 9.17) is 5.73 Å². The number of hydrogen-bond donors (Lipinski definition) is 2. The molecule has 1 rings (SSSR count). The number of aromatic nitrogens is 2. The van der Waals surface area contributed by atoms with Crippen LogP contribution in [0, 0.1) is 5.92 Å². The molecule has 3 N–H and O–H groups in total. The van der Waals surface area contributed by atoms with Crippen molar-refractivity contribution < 1.29 is 4.79 Å². The van der Waals surface area contributed by atoms with Crippen molar-refractivity contribution in [1.29, 1.82) is 0 Å². The van der Waals surface area contributed by atoms with Gasteiger partial charge in [0.1, 0.15) is 0 Å². The third kappa shape index (κ3) is 5.33. The van der Waals surface area contributed by atoms with Crippen LogP contribution < -0.4 is 11.1 Å². The van der Waals surface area contributed by atoms with E-state index >= 15 is 0 Å². The summed E-state index contributed by atoms with van der Waals surface area (Å²) in [4.78, 5) is 15.9. The molecule has 20 heavy (non-hydrogen) atoms. The Labute approximate surface area is 122 Å². The fourth-order valence-corrected chi connectivity index (χ4v) is 2.13. The summed E-state index contributed by atoms with van der Waals surface area (Å²) in [6.07, 6.45) is 5.89. The van der Waals surface area contributed by atoms with Gasteiger partial charge in [-0.3, -0.25) is 4.79 Å². The number of carbonyl (C=O) groups excluding carboxylic acids is 1. The van der Waals surface area contributed by atoms with Crippen LogP contribution in [0.3, 0.4) is 0 Å². The van der Waals surface area contributed by atoms with Gasteiger partial charge in [-0.25, -0.2) is 4.98 Å². The summed E-state index contributed by atoms with van der Waals surface area (Å²) in [5, 5.41) is 2.97. The van der Waals surface area contributed by atoms with Gasteiger partial charge in [0.2, 0.25) is 5.91 Å². The highest BCUT2D eigenvalue weighted by atomic mass is 16.1. The SMILES string of the molecule is CCC(C)NC(=O)CCn1cncc1C(N)CC(C)C. The van der Waals surface area contributed by atoms with E-state index in [0.29, 0.717) is 18.9 Å². The molecular weight excluding hydrogens is 252 g/mol. The van der Waals surface area contributed by atoms with Crippen molar-refractivity contribution in [1.82, 2.24) is 14.9 Å². The van der Waals surface area contributed by atoms with Gasteiger partial charge in [0.15, 0.2) is 0 Å². The van der Waals surface area contributed by atoms with Crippen LogP contribution in [-0.4, -0.2) is 21.5 Å². The fourth-order valence-electron chi connectivity index (χ4n) is 2.13. The number of carbonyl (C=O) groups is 1. The van der Waals surface area contributed by atoms with E-state index in [0.717, 1.165) is 18.5 Å². The zero-order valence-electron chi connectivity index (χ0n) is 13.1. The summed E-state index contributed by atoms with van der Waals surface area (Å²) in [6.45, 7) is 9.01. The lowest BCUT2D eigenvalue weighted by Gasteiger charge is -2.17. The third-order valence-electron chi connectivity index (χ3n) is 3.45. The Bertz CT molecular complexity index is 414. The second kappa shape index (κ2) is 8.04. The summed E-state index contributed by atoms with van der Waals surface area (Å²) in [5.41, 5.74) is 7.20. The number of nitrogens with two attached hydrogens (primary N) is 1. The van der Waals surface area contributed by atoms with Crippen LogP contribution in [0.2, 0.25) is 0 Å². The molecule has 0 aliphatic heterocycles. The Balaban J connectivity index is 2.53. The first-order chi connectivity index (χ1) is 9.43. The van der Waals surface area contributed by atoms with Gasteiger partial charge in [-0.15, -0.1) is 0 Å². The van der Waals surface area contributed by atoms with Gasteiger partial charge in [-0.2, -0.15) is 0 Å². The largest absolute Gasteiger partial charge is 0.354 e. The van der Waals surface area contributed by atoms with Gasteiger partial charge < -0.3 is 15.6 Å². The molecule has 0 saturated carbocycles. The van der Waals surface area contributed by atoms with Crippen molar-refractivity contribution in [2.24, 2.45) is 11.7 Å². The molecule has 0 aliphatic carbocycles. The van der Waals surface area contributed by atoms with Crippen molar-refractivity contribution in [2.45, 2.75) is 65.6 Å². The monoisotopic (exact) mass is 280 g/mol. The standard InChI is InChI=1S/C15H28N4O/c1-5-12(4)18-15(20)6-7-19-10-17-9-14(19)13(16)8-11(2)3/h9-13H,5-8,16H2,1-4H3,(H,18,20). The predicted octanol–water partition coefficient (Wildman–Crippen LogP) is 2.23. The number of aryl methyl sites for hydroxylation is 1. The molecule has 5 nitrogen and oxygen atoms in total. The van der Waals surface area contributed by atoms with E-state index < -0.39 is 0 Å². The number of amides is 1. The molecule has 0 bridgehead atoms. The number of hydrogen-bond acceptors (Lipinski definition) is 3. The smallest absolute Gasteiger partial charge is 0.221 e. The van der Waals surface area contributed by atoms with Gasteiger partial charge >= 0.3 is 0 Å². The normalized spacial score (nSPS) is 14.3. The van der Waals surface area contributed by atoms with Crippen molar-refractivity contribution in [3.63, 3.8) is 0 Å². The molecule has 0 aromatic carbocycles. The summed E-state index contributed by atoms with van der Waals surface area (Å²) in [6, 6.07) is 0.211. The summed E-state index contributed by atoms with van der Waals surface area (Å²) >= 11 is 0. The predicted molar refractivity (Wildman–Crippen MR) is 81.1 cm³/mol. The van der Waals surface area contributed by atoms with Crippen LogP contribution in [0.25, 0.3) is 0 Å². The van der Waals surface area contributed by atoms with E-state index in [1.807, 2.05) is 11.5 Å². The third-order valence-corrected chi connectivity index (χ3v) is 3.45. The van der Waals surface area contributed by atoms with E-state index in [1.54, 1.807) is 12.5 Å². The molecule has 0 spiro atoms. The zero-order chi connectivity index (χ0) is 15.1. The van der Waals surface area contributed by atoms with Crippen LogP contribution in [-0.2, 0) is 11.3 Å². The maximum Gasteiger partial charge on any atom is 0.221 e. The minimum atomic E-state index is -0.0184. The van der Waals surface area contributed by atoms with Gasteiger partial charge in [-0.1, -0.05) is 20.8 Å². The Morgan fingerprint density at radius 3 is 2.75 bits per heavy atom. The van der Waals surface area contributed by atoms with Crippen molar-refractivity contribution in [3.8, 4) is 0 Å². The molecule has 114 valence electrons. The lowest BCUT2D eigenvalue weighted by Crippen LogP contribution is -2.32. The minimum Gasteiger partial charge on any atom is -0.354 e. The highest BCUT2D eigenvalue weighted by Crippen LogP contribution is 2.18. The van der Waals surface area contributed by atoms with E-state index in [1.165, 1.54) is 0 Å². The van der Waals surface area contributed by atoms with E-state index in [-0.39, 0.29) is 18.0 Å². The Kier molecular flexibility index (Phi) is 6.71. The minimum absolute atomic E-state index is 0.0184. The summed E-state index contributed by atoms with van der Waals surface area (Å²) in [7, 11) is 0. The van der Waals surface area contributed by atoms with Crippen molar-refractivity contribution in [2.75, 3.05) is 0 Å². The Morgan fingerprint density at radius 1 is 1.45 bits per heavy atom. The molecule has 1 aromatic rings. The first-order valence-electron chi connectivity index (χ1n) is 7.49. The van der Waals surface area contributed by atoms with Crippen molar-refractivity contribution >= 4 is 5.91 Å². The van der Waals surface area contributed by atoms with E-state index in [9.17, 15) is 4.79 Å². The van der Waals surface area contributed by atoms with Crippen LogP contribution in [0.5, 0.6) is 0 Å². The first-order valence-corrected chi connectivity index (χ1v) is 7.49. The lowest BCUT2D eigenvalue weighted by molar-refractivity contribution is -0.121. The molecule has 1 amide bonds. The maximum absolute atomic E-state index is 11.8. The second-order valence-corrected chi connectivity index (χ2v) is 5.87. The second-order valence-electron chi connectivity index (χ2n) is 5.87. The molecule has 1 aromatic heterocycles. The molecule has 0 radical (unpaired) electrons. The highest BCUT2D eigenvalue weighted by molar-refractivity contribution is 5.76. The van der Waals surface area contributed by atoms with Crippen LogP contribution in [0.1, 0.15) is 58.7 Å². The Morgan fingerprint density at radius 2 is 2.15 bits per heavy atom. The first kappa shape index (κ1) is 16.7. The van der Waals surface area contributed by atoms with Gasteiger partial charge in [-0.05, 0) is 25.7 Å². The van der Waals surface area contributed by atoms with Crippen LogP contribution in [0.4, 0.5) is 0 Å². The van der Waals surface area contributed by atoms with Crippen LogP contribution >= 0.6 is 0 Å². The molecule has 1 heterocycles. The highest BCUT2D eigenvalue weighted by Gasteiger charge is 2.14. The van der Waals surface area contributed by atoms with Gasteiger partial charge in [0, 0.05) is 31.2 Å². The quantitative estimate of drug-likeness (QED) is 0.767. The van der Waals surface area contributed by atoms with E-state index in [2.05, 4.69) is 31.1 Å². The molecule has 0 fully saturated rings. The molecule has 2 unspecified atom stereocenters. The average molecular weight is 280 g/mol. The number of nitrogens with zero attached hydrogens (tertiary/aromatic N) is 2. The Hall–Kier alpha value is -1.36. The molecule has 0 saturated heterocycles. The molecule has 5 heteroatoms. The summed E-state index contributed by atoms with van der Waals surface area (Å²) in [5.74, 6) is 0.624. The topological polar surface area (TPSA) is 72.9 Å². The molecule has 0 aliphatic rings. The summed E-state index contributed by atoms with van der Waals surface area (Å²) < 4.78 is 1.99. The molecule has 2 atom stereocenters. The zero-order valence-corrected chi connectivity index (χ0v) is 13.1. The maximum atomic E-state index is 11.8. The fraction of sp³-hybridized carbons (Fsp3) is 0.733. The van der Waals surface area contributed by atoms with Gasteiger partial charge in [0.25, 0.3) is 0 Å². The molecular formula is C15H28N4O.